The van der Waals surface area contributed by atoms with Crippen LogP contribution in [0.15, 0.2) is 40.8 Å². The van der Waals surface area contributed by atoms with Crippen LogP contribution < -0.4 is 10.6 Å². The second kappa shape index (κ2) is 6.46. The van der Waals surface area contributed by atoms with Gasteiger partial charge in [-0.3, -0.25) is 4.79 Å². The molecule has 1 amide bonds. The van der Waals surface area contributed by atoms with Crippen LogP contribution in [0.4, 0.5) is 5.69 Å². The Labute approximate surface area is 136 Å². The van der Waals surface area contributed by atoms with Gasteiger partial charge in [-0.25, -0.2) is 0 Å². The highest BCUT2D eigenvalue weighted by atomic mass is 16.4. The van der Waals surface area contributed by atoms with E-state index in [1.165, 1.54) is 5.69 Å². The van der Waals surface area contributed by atoms with E-state index in [2.05, 4.69) is 31.0 Å². The standard InChI is InChI=1S/C18H23N3O2/c1-3-14-12-20(2)16-7-5-4-6-13(16)11-21(14)18(22)17-9-8-15(10-19)23-17/h4-9,14H,3,10-12,19H2,1-2H3. The summed E-state index contributed by atoms with van der Waals surface area (Å²) in [4.78, 5) is 17.1. The molecule has 0 saturated carbocycles. The van der Waals surface area contributed by atoms with Gasteiger partial charge < -0.3 is 20.0 Å². The van der Waals surface area contributed by atoms with E-state index < -0.39 is 0 Å². The van der Waals surface area contributed by atoms with Gasteiger partial charge in [0.2, 0.25) is 0 Å². The monoisotopic (exact) mass is 313 g/mol. The summed E-state index contributed by atoms with van der Waals surface area (Å²) in [6, 6.07) is 11.9. The van der Waals surface area contributed by atoms with Crippen molar-refractivity contribution in [1.29, 1.82) is 0 Å². The fourth-order valence-electron chi connectivity index (χ4n) is 3.17. The molecule has 3 rings (SSSR count). The van der Waals surface area contributed by atoms with Crippen LogP contribution in [-0.2, 0) is 13.1 Å². The third-order valence-corrected chi connectivity index (χ3v) is 4.47. The SMILES string of the molecule is CCC1CN(C)c2ccccc2CN1C(=O)c1ccc(CN)o1. The molecule has 1 atom stereocenters. The maximum Gasteiger partial charge on any atom is 0.290 e. The van der Waals surface area contributed by atoms with Crippen molar-refractivity contribution in [3.8, 4) is 0 Å². The minimum atomic E-state index is -0.0679. The number of hydrogen-bond donors (Lipinski definition) is 1. The molecule has 0 radical (unpaired) electrons. The zero-order valence-electron chi connectivity index (χ0n) is 13.7. The first-order chi connectivity index (χ1) is 11.1. The van der Waals surface area contributed by atoms with E-state index in [0.29, 0.717) is 24.6 Å². The van der Waals surface area contributed by atoms with E-state index in [-0.39, 0.29) is 11.9 Å². The maximum atomic E-state index is 12.9. The minimum absolute atomic E-state index is 0.0679. The van der Waals surface area contributed by atoms with Gasteiger partial charge in [0.25, 0.3) is 5.91 Å². The van der Waals surface area contributed by atoms with Gasteiger partial charge in [0.05, 0.1) is 6.54 Å². The lowest BCUT2D eigenvalue weighted by molar-refractivity contribution is 0.0633. The van der Waals surface area contributed by atoms with Crippen LogP contribution in [0.25, 0.3) is 0 Å². The number of carbonyl (C=O) groups excluding carboxylic acids is 1. The van der Waals surface area contributed by atoms with Crippen molar-refractivity contribution in [2.45, 2.75) is 32.5 Å². The number of para-hydroxylation sites is 1. The first-order valence-electron chi connectivity index (χ1n) is 8.02. The normalized spacial score (nSPS) is 17.8. The molecule has 0 aliphatic carbocycles. The quantitative estimate of drug-likeness (QED) is 0.946. The van der Waals surface area contributed by atoms with Gasteiger partial charge >= 0.3 is 0 Å². The number of nitrogens with zero attached hydrogens (tertiary/aromatic N) is 2. The van der Waals surface area contributed by atoms with Crippen LogP contribution in [0.1, 0.15) is 35.2 Å². The molecule has 2 aromatic rings. The van der Waals surface area contributed by atoms with Crippen LogP contribution in [0, 0.1) is 0 Å². The van der Waals surface area contributed by atoms with Gasteiger partial charge in [-0.05, 0) is 30.2 Å². The third kappa shape index (κ3) is 2.97. The summed E-state index contributed by atoms with van der Waals surface area (Å²) in [5.41, 5.74) is 7.92. The fraction of sp³-hybridized carbons (Fsp3) is 0.389. The number of furan rings is 1. The third-order valence-electron chi connectivity index (χ3n) is 4.47. The van der Waals surface area contributed by atoms with E-state index in [1.54, 1.807) is 12.1 Å². The van der Waals surface area contributed by atoms with Crippen molar-refractivity contribution >= 4 is 11.6 Å². The average Bonchev–Trinajstić information content (AvgIpc) is 3.01. The topological polar surface area (TPSA) is 62.7 Å². The van der Waals surface area contributed by atoms with Crippen LogP contribution in [0.2, 0.25) is 0 Å². The molecule has 0 saturated heterocycles. The molecular formula is C18H23N3O2. The maximum absolute atomic E-state index is 12.9. The summed E-state index contributed by atoms with van der Waals surface area (Å²) in [7, 11) is 2.08. The molecule has 1 unspecified atom stereocenters. The summed E-state index contributed by atoms with van der Waals surface area (Å²) >= 11 is 0. The van der Waals surface area contributed by atoms with Crippen molar-refractivity contribution < 1.29 is 9.21 Å². The Hall–Kier alpha value is -2.27. The molecule has 1 aliphatic rings. The smallest absolute Gasteiger partial charge is 0.290 e. The summed E-state index contributed by atoms with van der Waals surface area (Å²) in [5.74, 6) is 0.932. The number of likely N-dealkylation sites (N-methyl/N-ethyl adjacent to an activating group) is 1. The van der Waals surface area contributed by atoms with Crippen molar-refractivity contribution in [1.82, 2.24) is 4.90 Å². The van der Waals surface area contributed by atoms with E-state index in [4.69, 9.17) is 10.2 Å². The number of amides is 1. The minimum Gasteiger partial charge on any atom is -0.455 e. The highest BCUT2D eigenvalue weighted by Crippen LogP contribution is 2.28. The number of benzene rings is 1. The molecule has 2 heterocycles. The van der Waals surface area contributed by atoms with E-state index >= 15 is 0 Å². The molecule has 5 nitrogen and oxygen atoms in total. The van der Waals surface area contributed by atoms with Crippen LogP contribution in [-0.4, -0.2) is 30.4 Å². The molecule has 1 aromatic carbocycles. The van der Waals surface area contributed by atoms with Crippen molar-refractivity contribution in [2.75, 3.05) is 18.5 Å². The average molecular weight is 313 g/mol. The van der Waals surface area contributed by atoms with Crippen molar-refractivity contribution in [2.24, 2.45) is 5.73 Å². The van der Waals surface area contributed by atoms with Crippen LogP contribution in [0.3, 0.4) is 0 Å². The lowest BCUT2D eigenvalue weighted by Gasteiger charge is -2.30. The second-order valence-electron chi connectivity index (χ2n) is 5.97. The number of hydrogen-bond acceptors (Lipinski definition) is 4. The molecule has 1 aliphatic heterocycles. The Morgan fingerprint density at radius 3 is 2.78 bits per heavy atom. The van der Waals surface area contributed by atoms with Gasteiger partial charge in [-0.1, -0.05) is 25.1 Å². The predicted molar refractivity (Wildman–Crippen MR) is 90.3 cm³/mol. The zero-order chi connectivity index (χ0) is 16.4. The number of nitrogens with two attached hydrogens (primary N) is 1. The lowest BCUT2D eigenvalue weighted by atomic mass is 10.1. The highest BCUT2D eigenvalue weighted by molar-refractivity contribution is 5.92. The Kier molecular flexibility index (Phi) is 4.39. The number of rotatable bonds is 3. The molecule has 0 bridgehead atoms. The van der Waals surface area contributed by atoms with E-state index in [1.807, 2.05) is 17.0 Å². The molecule has 0 spiro atoms. The van der Waals surface area contributed by atoms with Crippen LogP contribution in [0.5, 0.6) is 0 Å². The summed E-state index contributed by atoms with van der Waals surface area (Å²) in [6.45, 7) is 3.82. The Balaban J connectivity index is 1.94. The summed E-state index contributed by atoms with van der Waals surface area (Å²) in [5, 5.41) is 0. The first-order valence-corrected chi connectivity index (χ1v) is 8.02. The molecule has 122 valence electrons. The summed E-state index contributed by atoms with van der Waals surface area (Å²) < 4.78 is 5.57. The Morgan fingerprint density at radius 2 is 2.09 bits per heavy atom. The van der Waals surface area contributed by atoms with E-state index in [9.17, 15) is 4.79 Å². The number of carbonyl (C=O) groups is 1. The summed E-state index contributed by atoms with van der Waals surface area (Å²) in [6.07, 6.45) is 0.897. The molecular weight excluding hydrogens is 290 g/mol. The van der Waals surface area contributed by atoms with Gasteiger partial charge in [-0.15, -0.1) is 0 Å². The highest BCUT2D eigenvalue weighted by Gasteiger charge is 2.30. The van der Waals surface area contributed by atoms with Gasteiger partial charge in [0.1, 0.15) is 5.76 Å². The van der Waals surface area contributed by atoms with Crippen molar-refractivity contribution in [3.63, 3.8) is 0 Å². The molecule has 0 fully saturated rings. The molecule has 2 N–H and O–H groups in total. The predicted octanol–water partition coefficient (Wildman–Crippen LogP) is 2.61. The Bertz CT molecular complexity index is 695. The fourth-order valence-corrected chi connectivity index (χ4v) is 3.17. The van der Waals surface area contributed by atoms with E-state index in [0.717, 1.165) is 18.5 Å². The molecule has 1 aromatic heterocycles. The zero-order valence-corrected chi connectivity index (χ0v) is 13.7. The Morgan fingerprint density at radius 1 is 1.30 bits per heavy atom. The number of fused-ring (bicyclic) bond motifs is 1. The molecule has 23 heavy (non-hydrogen) atoms. The van der Waals surface area contributed by atoms with Crippen LogP contribution >= 0.6 is 0 Å². The number of anilines is 1. The van der Waals surface area contributed by atoms with Gasteiger partial charge in [-0.2, -0.15) is 0 Å². The largest absolute Gasteiger partial charge is 0.455 e. The second-order valence-corrected chi connectivity index (χ2v) is 5.97. The van der Waals surface area contributed by atoms with Crippen molar-refractivity contribution in [3.05, 3.63) is 53.5 Å². The first kappa shape index (κ1) is 15.6. The lowest BCUT2D eigenvalue weighted by Crippen LogP contribution is -2.43. The van der Waals surface area contributed by atoms with Gasteiger partial charge in [0.15, 0.2) is 5.76 Å². The molecule has 5 heteroatoms. The van der Waals surface area contributed by atoms with Gasteiger partial charge in [0, 0.05) is 31.9 Å².